The number of aromatic nitrogens is 2. The molecular weight excluding hydrogens is 244 g/mol. The molecule has 0 aromatic carbocycles. The van der Waals surface area contributed by atoms with Crippen LogP contribution in [0, 0.1) is 0 Å². The summed E-state index contributed by atoms with van der Waals surface area (Å²) in [6.07, 6.45) is 2.13. The summed E-state index contributed by atoms with van der Waals surface area (Å²) in [5, 5.41) is 10.5. The number of hydrogen-bond donors (Lipinski definition) is 1. The molecule has 0 radical (unpaired) electrons. The fourth-order valence-corrected chi connectivity index (χ4v) is 2.10. The molecule has 102 valence electrons. The number of nitrogens with zero attached hydrogens (tertiary/aromatic N) is 3. The van der Waals surface area contributed by atoms with Gasteiger partial charge >= 0.3 is 0 Å². The van der Waals surface area contributed by atoms with E-state index < -0.39 is 11.6 Å². The third-order valence-corrected chi connectivity index (χ3v) is 3.65. The van der Waals surface area contributed by atoms with Crippen LogP contribution in [0.2, 0.25) is 0 Å². The minimum Gasteiger partial charge on any atom is -0.340 e. The summed E-state index contributed by atoms with van der Waals surface area (Å²) in [7, 11) is 0. The molecule has 1 aliphatic heterocycles. The van der Waals surface area contributed by atoms with Crippen molar-refractivity contribution < 1.29 is 9.59 Å². The Labute approximate surface area is 112 Å². The fraction of sp³-hybridized carbons (Fsp3) is 0.538. The Kier molecular flexibility index (Phi) is 3.50. The zero-order valence-electron chi connectivity index (χ0n) is 11.4. The van der Waals surface area contributed by atoms with Crippen molar-refractivity contribution in [3.8, 4) is 0 Å². The van der Waals surface area contributed by atoms with Gasteiger partial charge in [0.1, 0.15) is 11.6 Å². The van der Waals surface area contributed by atoms with E-state index in [1.807, 2.05) is 6.92 Å². The highest BCUT2D eigenvalue weighted by molar-refractivity contribution is 5.99. The van der Waals surface area contributed by atoms with Crippen LogP contribution in [0.4, 0.5) is 0 Å². The Hall–Kier alpha value is -1.98. The summed E-state index contributed by atoms with van der Waals surface area (Å²) in [6, 6.07) is 3.07. The molecule has 2 heterocycles. The largest absolute Gasteiger partial charge is 0.340 e. The van der Waals surface area contributed by atoms with Gasteiger partial charge in [0.05, 0.1) is 12.2 Å². The molecule has 0 aliphatic carbocycles. The molecule has 1 aliphatic rings. The Morgan fingerprint density at radius 2 is 2.21 bits per heavy atom. The van der Waals surface area contributed by atoms with Gasteiger partial charge in [0.25, 0.3) is 0 Å². The Morgan fingerprint density at radius 3 is 2.79 bits per heavy atom. The first-order valence-electron chi connectivity index (χ1n) is 6.37. The monoisotopic (exact) mass is 262 g/mol. The Morgan fingerprint density at radius 1 is 1.47 bits per heavy atom. The summed E-state index contributed by atoms with van der Waals surface area (Å²) in [4.78, 5) is 26.0. The van der Waals surface area contributed by atoms with Gasteiger partial charge in [-0.3, -0.25) is 9.59 Å². The van der Waals surface area contributed by atoms with Crippen molar-refractivity contribution in [2.45, 2.75) is 45.3 Å². The predicted octanol–water partition coefficient (Wildman–Crippen LogP) is 0.492. The third kappa shape index (κ3) is 2.43. The van der Waals surface area contributed by atoms with Crippen LogP contribution in [-0.2, 0) is 16.1 Å². The van der Waals surface area contributed by atoms with Gasteiger partial charge < -0.3 is 10.2 Å². The lowest BCUT2D eigenvalue weighted by Crippen LogP contribution is -2.68. The molecule has 1 saturated heterocycles. The quantitative estimate of drug-likeness (QED) is 0.860. The third-order valence-electron chi connectivity index (χ3n) is 3.65. The zero-order chi connectivity index (χ0) is 14.0. The topological polar surface area (TPSA) is 75.2 Å². The number of hydrogen-bond acceptors (Lipinski definition) is 4. The van der Waals surface area contributed by atoms with Crippen molar-refractivity contribution in [1.29, 1.82) is 0 Å². The molecule has 0 bridgehead atoms. The Bertz CT molecular complexity index is 491. The van der Waals surface area contributed by atoms with E-state index in [0.717, 1.165) is 0 Å². The van der Waals surface area contributed by atoms with E-state index in [-0.39, 0.29) is 11.8 Å². The first kappa shape index (κ1) is 13.5. The first-order valence-corrected chi connectivity index (χ1v) is 6.37. The fourth-order valence-electron chi connectivity index (χ4n) is 2.10. The van der Waals surface area contributed by atoms with E-state index in [9.17, 15) is 9.59 Å². The molecule has 6 heteroatoms. The maximum Gasteiger partial charge on any atom is 0.249 e. The minimum absolute atomic E-state index is 0.0762. The molecule has 19 heavy (non-hydrogen) atoms. The lowest BCUT2D eigenvalue weighted by molar-refractivity contribution is -0.154. The highest BCUT2D eigenvalue weighted by Crippen LogP contribution is 2.22. The SMILES string of the molecule is CCC1(C)NC(=O)C(C)N(Cc2cccnn2)C1=O. The van der Waals surface area contributed by atoms with Crippen LogP contribution in [0.3, 0.4) is 0 Å². The number of piperazine rings is 1. The molecule has 2 unspecified atom stereocenters. The van der Waals surface area contributed by atoms with Crippen molar-refractivity contribution in [2.24, 2.45) is 0 Å². The second-order valence-corrected chi connectivity index (χ2v) is 5.00. The average Bonchev–Trinajstić information content (AvgIpc) is 2.42. The predicted molar refractivity (Wildman–Crippen MR) is 68.9 cm³/mol. The van der Waals surface area contributed by atoms with E-state index in [1.165, 1.54) is 0 Å². The summed E-state index contributed by atoms with van der Waals surface area (Å²) in [6.45, 7) is 5.66. The standard InChI is InChI=1S/C13H18N4O2/c1-4-13(3)12(19)17(9(2)11(18)15-13)8-10-6-5-7-14-16-10/h5-7,9H,4,8H2,1-3H3,(H,15,18). The van der Waals surface area contributed by atoms with Crippen molar-refractivity contribution in [3.63, 3.8) is 0 Å². The van der Waals surface area contributed by atoms with Crippen molar-refractivity contribution in [2.75, 3.05) is 0 Å². The maximum atomic E-state index is 12.5. The van der Waals surface area contributed by atoms with Crippen molar-refractivity contribution in [1.82, 2.24) is 20.4 Å². The van der Waals surface area contributed by atoms with Crippen LogP contribution in [0.1, 0.15) is 32.9 Å². The molecule has 0 spiro atoms. The molecule has 1 fully saturated rings. The van der Waals surface area contributed by atoms with Crippen LogP contribution in [-0.4, -0.2) is 38.5 Å². The van der Waals surface area contributed by atoms with Gasteiger partial charge in [-0.1, -0.05) is 6.92 Å². The van der Waals surface area contributed by atoms with Gasteiger partial charge in [0.15, 0.2) is 0 Å². The van der Waals surface area contributed by atoms with E-state index in [1.54, 1.807) is 37.1 Å². The molecule has 2 rings (SSSR count). The first-order chi connectivity index (χ1) is 8.98. The molecule has 6 nitrogen and oxygen atoms in total. The van der Waals surface area contributed by atoms with Gasteiger partial charge in [-0.25, -0.2) is 0 Å². The van der Waals surface area contributed by atoms with E-state index in [2.05, 4.69) is 15.5 Å². The number of nitrogens with one attached hydrogen (secondary N) is 1. The van der Waals surface area contributed by atoms with E-state index in [4.69, 9.17) is 0 Å². The maximum absolute atomic E-state index is 12.5. The van der Waals surface area contributed by atoms with Crippen LogP contribution in [0.25, 0.3) is 0 Å². The van der Waals surface area contributed by atoms with E-state index in [0.29, 0.717) is 18.7 Å². The lowest BCUT2D eigenvalue weighted by Gasteiger charge is -2.42. The molecule has 2 atom stereocenters. The summed E-state index contributed by atoms with van der Waals surface area (Å²) in [5.41, 5.74) is -0.151. The summed E-state index contributed by atoms with van der Waals surface area (Å²) < 4.78 is 0. The second-order valence-electron chi connectivity index (χ2n) is 5.00. The second kappa shape index (κ2) is 4.95. The van der Waals surface area contributed by atoms with Crippen molar-refractivity contribution in [3.05, 3.63) is 24.0 Å². The van der Waals surface area contributed by atoms with Crippen LogP contribution in [0.15, 0.2) is 18.3 Å². The van der Waals surface area contributed by atoms with Gasteiger partial charge in [0, 0.05) is 6.20 Å². The zero-order valence-corrected chi connectivity index (χ0v) is 11.4. The molecule has 2 amide bonds. The number of carbonyl (C=O) groups excluding carboxylic acids is 2. The molecule has 1 aromatic heterocycles. The lowest BCUT2D eigenvalue weighted by atomic mass is 9.92. The number of rotatable bonds is 3. The normalized spacial score (nSPS) is 27.3. The van der Waals surface area contributed by atoms with Gasteiger partial charge in [0.2, 0.25) is 11.8 Å². The number of carbonyl (C=O) groups is 2. The van der Waals surface area contributed by atoms with Crippen LogP contribution >= 0.6 is 0 Å². The highest BCUT2D eigenvalue weighted by atomic mass is 16.2. The molecule has 1 aromatic rings. The minimum atomic E-state index is -0.828. The van der Waals surface area contributed by atoms with Crippen molar-refractivity contribution >= 4 is 11.8 Å². The van der Waals surface area contributed by atoms with E-state index >= 15 is 0 Å². The van der Waals surface area contributed by atoms with Crippen LogP contribution < -0.4 is 5.32 Å². The summed E-state index contributed by atoms with van der Waals surface area (Å²) >= 11 is 0. The molecular formula is C13H18N4O2. The number of amides is 2. The van der Waals surface area contributed by atoms with Gasteiger partial charge in [-0.2, -0.15) is 10.2 Å². The highest BCUT2D eigenvalue weighted by Gasteiger charge is 2.45. The smallest absolute Gasteiger partial charge is 0.249 e. The summed E-state index contributed by atoms with van der Waals surface area (Å²) in [5.74, 6) is -0.208. The average molecular weight is 262 g/mol. The van der Waals surface area contributed by atoms with Gasteiger partial charge in [-0.15, -0.1) is 0 Å². The van der Waals surface area contributed by atoms with Gasteiger partial charge in [-0.05, 0) is 32.4 Å². The van der Waals surface area contributed by atoms with Crippen LogP contribution in [0.5, 0.6) is 0 Å². The molecule has 0 saturated carbocycles. The Balaban J connectivity index is 2.26. The molecule has 1 N–H and O–H groups in total.